The highest BCUT2D eigenvalue weighted by Gasteiger charge is 2.25. The number of hydrogen-bond donors (Lipinski definition) is 1. The van der Waals surface area contributed by atoms with Gasteiger partial charge in [-0.15, -0.1) is 0 Å². The first kappa shape index (κ1) is 15.8. The summed E-state index contributed by atoms with van der Waals surface area (Å²) in [7, 11) is -2.15. The lowest BCUT2D eigenvalue weighted by molar-refractivity contribution is 0.363. The van der Waals surface area contributed by atoms with Gasteiger partial charge in [0.05, 0.1) is 13.1 Å². The Balaban J connectivity index is 2.11. The molecule has 1 N–H and O–H groups in total. The molecule has 21 heavy (non-hydrogen) atoms. The lowest BCUT2D eigenvalue weighted by atomic mass is 10.4. The van der Waals surface area contributed by atoms with E-state index in [4.69, 9.17) is 8.83 Å². The minimum Gasteiger partial charge on any atom is -0.465 e. The SMILES string of the molecule is CCNCc1ccc(S(=O)(=O)N(C)Cc2ccc(C)o2)o1. The number of aryl methyl sites for hydroxylation is 1. The van der Waals surface area contributed by atoms with E-state index in [1.54, 1.807) is 18.2 Å². The van der Waals surface area contributed by atoms with Crippen LogP contribution < -0.4 is 5.32 Å². The average molecular weight is 312 g/mol. The van der Waals surface area contributed by atoms with E-state index in [2.05, 4.69) is 5.32 Å². The zero-order chi connectivity index (χ0) is 15.5. The monoisotopic (exact) mass is 312 g/mol. The molecule has 0 amide bonds. The predicted molar refractivity (Wildman–Crippen MR) is 78.2 cm³/mol. The number of nitrogens with zero attached hydrogens (tertiary/aromatic N) is 1. The van der Waals surface area contributed by atoms with Gasteiger partial charge in [-0.1, -0.05) is 6.92 Å². The van der Waals surface area contributed by atoms with Crippen LogP contribution in [0.25, 0.3) is 0 Å². The van der Waals surface area contributed by atoms with Crippen LogP contribution >= 0.6 is 0 Å². The van der Waals surface area contributed by atoms with Crippen LogP contribution in [0.4, 0.5) is 0 Å². The van der Waals surface area contributed by atoms with Gasteiger partial charge < -0.3 is 14.2 Å². The molecule has 0 spiro atoms. The van der Waals surface area contributed by atoms with Crippen molar-refractivity contribution in [1.29, 1.82) is 0 Å². The third-order valence-corrected chi connectivity index (χ3v) is 4.70. The minimum atomic E-state index is -3.65. The molecule has 2 aromatic rings. The van der Waals surface area contributed by atoms with Crippen LogP contribution in [0.3, 0.4) is 0 Å². The molecular weight excluding hydrogens is 292 g/mol. The van der Waals surface area contributed by atoms with Gasteiger partial charge in [0, 0.05) is 7.05 Å². The molecule has 0 saturated carbocycles. The first-order chi connectivity index (χ1) is 9.93. The van der Waals surface area contributed by atoms with E-state index < -0.39 is 10.0 Å². The van der Waals surface area contributed by atoms with Crippen LogP contribution in [0.2, 0.25) is 0 Å². The van der Waals surface area contributed by atoms with Gasteiger partial charge in [-0.25, -0.2) is 8.42 Å². The van der Waals surface area contributed by atoms with Crippen molar-refractivity contribution in [1.82, 2.24) is 9.62 Å². The lowest BCUT2D eigenvalue weighted by Gasteiger charge is -2.13. The van der Waals surface area contributed by atoms with Gasteiger partial charge >= 0.3 is 0 Å². The second kappa shape index (κ2) is 6.46. The van der Waals surface area contributed by atoms with Gasteiger partial charge in [-0.2, -0.15) is 4.31 Å². The van der Waals surface area contributed by atoms with Crippen LogP contribution in [0.15, 0.2) is 38.2 Å². The van der Waals surface area contributed by atoms with Crippen molar-refractivity contribution in [3.63, 3.8) is 0 Å². The molecule has 7 heteroatoms. The van der Waals surface area contributed by atoms with Crippen molar-refractivity contribution >= 4 is 10.0 Å². The third-order valence-electron chi connectivity index (χ3n) is 3.03. The molecule has 0 radical (unpaired) electrons. The first-order valence-electron chi connectivity index (χ1n) is 6.74. The number of sulfonamides is 1. The Hall–Kier alpha value is -1.57. The Morgan fingerprint density at radius 2 is 1.86 bits per heavy atom. The Morgan fingerprint density at radius 1 is 1.14 bits per heavy atom. The molecule has 0 aliphatic carbocycles. The summed E-state index contributed by atoms with van der Waals surface area (Å²) in [5.74, 6) is 1.94. The minimum absolute atomic E-state index is 0.0545. The lowest BCUT2D eigenvalue weighted by Crippen LogP contribution is -2.26. The normalized spacial score (nSPS) is 12.2. The fourth-order valence-electron chi connectivity index (χ4n) is 1.87. The molecule has 2 heterocycles. The van der Waals surface area contributed by atoms with E-state index in [0.717, 1.165) is 12.3 Å². The molecule has 0 fully saturated rings. The second-order valence-corrected chi connectivity index (χ2v) is 6.75. The fourth-order valence-corrected chi connectivity index (χ4v) is 2.92. The van der Waals surface area contributed by atoms with Crippen LogP contribution in [0.1, 0.15) is 24.2 Å². The van der Waals surface area contributed by atoms with E-state index in [9.17, 15) is 8.42 Å². The molecule has 0 aromatic carbocycles. The highest BCUT2D eigenvalue weighted by Crippen LogP contribution is 2.20. The van der Waals surface area contributed by atoms with E-state index in [1.807, 2.05) is 13.8 Å². The quantitative estimate of drug-likeness (QED) is 0.847. The zero-order valence-electron chi connectivity index (χ0n) is 12.4. The summed E-state index contributed by atoms with van der Waals surface area (Å²) in [5, 5.41) is 3.03. The van der Waals surface area contributed by atoms with Crippen LogP contribution in [-0.2, 0) is 23.1 Å². The Labute approximate surface area is 124 Å². The number of rotatable bonds is 7. The summed E-state index contributed by atoms with van der Waals surface area (Å²) in [6.07, 6.45) is 0. The van der Waals surface area contributed by atoms with Crippen molar-refractivity contribution in [2.45, 2.75) is 32.0 Å². The zero-order valence-corrected chi connectivity index (χ0v) is 13.2. The smallest absolute Gasteiger partial charge is 0.276 e. The summed E-state index contributed by atoms with van der Waals surface area (Å²) >= 11 is 0. The third kappa shape index (κ3) is 3.75. The number of furan rings is 2. The second-order valence-electron chi connectivity index (χ2n) is 4.77. The van der Waals surface area contributed by atoms with Crippen molar-refractivity contribution in [2.75, 3.05) is 13.6 Å². The Morgan fingerprint density at radius 3 is 2.48 bits per heavy atom. The molecule has 0 saturated heterocycles. The molecule has 116 valence electrons. The van der Waals surface area contributed by atoms with Gasteiger partial charge in [0.25, 0.3) is 10.0 Å². The molecule has 0 bridgehead atoms. The van der Waals surface area contributed by atoms with Gasteiger partial charge in [0.1, 0.15) is 17.3 Å². The van der Waals surface area contributed by atoms with Gasteiger partial charge in [-0.3, -0.25) is 0 Å². The standard InChI is InChI=1S/C14H20N2O4S/c1-4-15-9-12-7-8-14(20-12)21(17,18)16(3)10-13-6-5-11(2)19-13/h5-8,15H,4,9-10H2,1-3H3. The first-order valence-corrected chi connectivity index (χ1v) is 8.18. The molecule has 0 atom stereocenters. The highest BCUT2D eigenvalue weighted by molar-refractivity contribution is 7.88. The van der Waals surface area contributed by atoms with Gasteiger partial charge in [-0.05, 0) is 37.7 Å². The molecule has 0 unspecified atom stereocenters. The van der Waals surface area contributed by atoms with Crippen LogP contribution in [0, 0.1) is 6.92 Å². The molecule has 2 rings (SSSR count). The number of nitrogens with one attached hydrogen (secondary N) is 1. The predicted octanol–water partition coefficient (Wildman–Crippen LogP) is 2.11. The van der Waals surface area contributed by atoms with Crippen LogP contribution in [-0.4, -0.2) is 26.3 Å². The van der Waals surface area contributed by atoms with Crippen molar-refractivity contribution in [2.24, 2.45) is 0 Å². The maximum atomic E-state index is 12.4. The fraction of sp³-hybridized carbons (Fsp3) is 0.429. The summed E-state index contributed by atoms with van der Waals surface area (Å²) in [5.41, 5.74) is 0. The maximum absolute atomic E-state index is 12.4. The average Bonchev–Trinajstić information content (AvgIpc) is 3.06. The summed E-state index contributed by atoms with van der Waals surface area (Å²) in [6.45, 7) is 5.25. The van der Waals surface area contributed by atoms with E-state index in [0.29, 0.717) is 18.1 Å². The van der Waals surface area contributed by atoms with E-state index >= 15 is 0 Å². The van der Waals surface area contributed by atoms with Crippen molar-refractivity contribution in [3.8, 4) is 0 Å². The molecule has 0 aliphatic rings. The maximum Gasteiger partial charge on any atom is 0.276 e. The summed E-state index contributed by atoms with van der Waals surface area (Å²) in [4.78, 5) is 0. The van der Waals surface area contributed by atoms with E-state index in [-0.39, 0.29) is 11.6 Å². The van der Waals surface area contributed by atoms with Gasteiger partial charge in [0.15, 0.2) is 0 Å². The van der Waals surface area contributed by atoms with Crippen LogP contribution in [0.5, 0.6) is 0 Å². The Bertz CT molecular complexity index is 687. The van der Waals surface area contributed by atoms with E-state index in [1.165, 1.54) is 17.4 Å². The van der Waals surface area contributed by atoms with Gasteiger partial charge in [0.2, 0.25) is 5.09 Å². The molecule has 0 aliphatic heterocycles. The topological polar surface area (TPSA) is 75.7 Å². The van der Waals surface area contributed by atoms with Crippen molar-refractivity contribution < 1.29 is 17.3 Å². The molecular formula is C14H20N2O4S. The van der Waals surface area contributed by atoms with Crippen molar-refractivity contribution in [3.05, 3.63) is 41.5 Å². The summed E-state index contributed by atoms with van der Waals surface area (Å²) < 4.78 is 36.8. The Kier molecular flexibility index (Phi) is 4.87. The number of hydrogen-bond acceptors (Lipinski definition) is 5. The molecule has 6 nitrogen and oxygen atoms in total. The highest BCUT2D eigenvalue weighted by atomic mass is 32.2. The molecule has 2 aromatic heterocycles. The largest absolute Gasteiger partial charge is 0.465 e. The summed E-state index contributed by atoms with van der Waals surface area (Å²) in [6, 6.07) is 6.71.